The third-order valence-corrected chi connectivity index (χ3v) is 4.50. The molecule has 0 aliphatic rings. The Morgan fingerprint density at radius 1 is 0.971 bits per heavy atom. The van der Waals surface area contributed by atoms with Gasteiger partial charge in [0.15, 0.2) is 29.6 Å². The maximum atomic E-state index is 12.4. The highest BCUT2D eigenvalue weighted by Crippen LogP contribution is 2.30. The van der Waals surface area contributed by atoms with E-state index in [-0.39, 0.29) is 11.5 Å². The molecule has 10 heteroatoms. The Labute approximate surface area is 202 Å². The van der Waals surface area contributed by atoms with Gasteiger partial charge >= 0.3 is 12.6 Å². The first-order valence-electron chi connectivity index (χ1n) is 11.0. The van der Waals surface area contributed by atoms with Gasteiger partial charge in [0.2, 0.25) is 0 Å². The van der Waals surface area contributed by atoms with E-state index in [1.54, 1.807) is 0 Å². The van der Waals surface area contributed by atoms with Crippen LogP contribution in [0.15, 0.2) is 42.5 Å². The van der Waals surface area contributed by atoms with E-state index in [9.17, 15) is 18.4 Å². The molecule has 0 saturated heterocycles. The molecule has 2 aromatic carbocycles. The molecular formula is C25H29F2NO7. The molecule has 1 N–H and O–H groups in total. The first kappa shape index (κ1) is 27.4. The number of alkyl halides is 2. The van der Waals surface area contributed by atoms with E-state index in [0.717, 1.165) is 11.6 Å². The van der Waals surface area contributed by atoms with Crippen LogP contribution in [0.1, 0.15) is 25.0 Å². The Morgan fingerprint density at radius 3 is 2.37 bits per heavy atom. The van der Waals surface area contributed by atoms with E-state index in [4.69, 9.17) is 18.9 Å². The summed E-state index contributed by atoms with van der Waals surface area (Å²) in [6.07, 6.45) is 3.07. The predicted octanol–water partition coefficient (Wildman–Crippen LogP) is 4.01. The Morgan fingerprint density at radius 2 is 1.69 bits per heavy atom. The maximum Gasteiger partial charge on any atom is 0.387 e. The summed E-state index contributed by atoms with van der Waals surface area (Å²) < 4.78 is 50.2. The van der Waals surface area contributed by atoms with Crippen molar-refractivity contribution in [3.63, 3.8) is 0 Å². The van der Waals surface area contributed by atoms with E-state index in [2.05, 4.69) is 10.1 Å². The fraction of sp³-hybridized carbons (Fsp3) is 0.360. The molecule has 0 fully saturated rings. The van der Waals surface area contributed by atoms with E-state index >= 15 is 0 Å². The molecule has 0 saturated carbocycles. The molecule has 1 amide bonds. The van der Waals surface area contributed by atoms with E-state index in [1.807, 2.05) is 32.0 Å². The Kier molecular flexibility index (Phi) is 11.3. The van der Waals surface area contributed by atoms with Crippen molar-refractivity contribution >= 4 is 18.0 Å². The summed E-state index contributed by atoms with van der Waals surface area (Å²) in [5.74, 6) is 0.0859. The summed E-state index contributed by atoms with van der Waals surface area (Å²) in [6.45, 7) is 1.73. The second kappa shape index (κ2) is 14.4. The van der Waals surface area contributed by atoms with Gasteiger partial charge in [-0.1, -0.05) is 12.1 Å². The van der Waals surface area contributed by atoms with Gasteiger partial charge in [-0.2, -0.15) is 8.78 Å². The van der Waals surface area contributed by atoms with Gasteiger partial charge in [0, 0.05) is 12.6 Å². The molecule has 0 aliphatic carbocycles. The maximum absolute atomic E-state index is 12.4. The minimum absolute atomic E-state index is 0.0844. The number of carbonyl (C=O) groups excluding carboxylic acids is 2. The van der Waals surface area contributed by atoms with Crippen LogP contribution in [-0.4, -0.2) is 52.0 Å². The van der Waals surface area contributed by atoms with Gasteiger partial charge in [-0.3, -0.25) is 4.79 Å². The van der Waals surface area contributed by atoms with Crippen molar-refractivity contribution in [1.82, 2.24) is 5.32 Å². The van der Waals surface area contributed by atoms with Crippen LogP contribution in [0.2, 0.25) is 0 Å². The van der Waals surface area contributed by atoms with Crippen molar-refractivity contribution in [3.8, 4) is 23.0 Å². The second-order valence-electron chi connectivity index (χ2n) is 6.98. The number of carbonyl (C=O) groups is 2. The van der Waals surface area contributed by atoms with Gasteiger partial charge in [-0.15, -0.1) is 0 Å². The number of esters is 1. The van der Waals surface area contributed by atoms with E-state index in [1.165, 1.54) is 31.4 Å². The summed E-state index contributed by atoms with van der Waals surface area (Å²) >= 11 is 0. The van der Waals surface area contributed by atoms with Gasteiger partial charge < -0.3 is 29.0 Å². The van der Waals surface area contributed by atoms with Crippen LogP contribution in [-0.2, 0) is 20.7 Å². The van der Waals surface area contributed by atoms with E-state index < -0.39 is 25.1 Å². The highest BCUT2D eigenvalue weighted by atomic mass is 19.3. The Balaban J connectivity index is 1.79. The lowest BCUT2D eigenvalue weighted by Gasteiger charge is -2.12. The largest absolute Gasteiger partial charge is 0.493 e. The zero-order valence-electron chi connectivity index (χ0n) is 19.8. The van der Waals surface area contributed by atoms with Crippen molar-refractivity contribution in [3.05, 3.63) is 53.6 Å². The van der Waals surface area contributed by atoms with Crippen molar-refractivity contribution in [1.29, 1.82) is 0 Å². The monoisotopic (exact) mass is 493 g/mol. The minimum atomic E-state index is -2.99. The van der Waals surface area contributed by atoms with Crippen LogP contribution in [0.5, 0.6) is 23.0 Å². The zero-order chi connectivity index (χ0) is 25.6. The first-order chi connectivity index (χ1) is 16.9. The molecule has 0 aromatic heterocycles. The average molecular weight is 494 g/mol. The number of hydrogen-bond donors (Lipinski definition) is 1. The number of methoxy groups -OCH3 is 1. The molecule has 0 aliphatic heterocycles. The van der Waals surface area contributed by atoms with Crippen LogP contribution in [0.3, 0.4) is 0 Å². The summed E-state index contributed by atoms with van der Waals surface area (Å²) in [4.78, 5) is 23.9. The summed E-state index contributed by atoms with van der Waals surface area (Å²) in [6, 6.07) is 9.78. The Hall–Kier alpha value is -3.82. The normalized spacial score (nSPS) is 10.8. The van der Waals surface area contributed by atoms with Crippen LogP contribution in [0.25, 0.3) is 6.08 Å². The van der Waals surface area contributed by atoms with Crippen LogP contribution >= 0.6 is 0 Å². The van der Waals surface area contributed by atoms with Crippen molar-refractivity contribution < 1.29 is 42.1 Å². The summed E-state index contributed by atoms with van der Waals surface area (Å²) in [7, 11) is 1.31. The number of amides is 1. The molecular weight excluding hydrogens is 464 g/mol. The molecule has 0 radical (unpaired) electrons. The highest BCUT2D eigenvalue weighted by Gasteiger charge is 2.11. The molecule has 0 spiro atoms. The number of nitrogens with one attached hydrogen (secondary N) is 1. The van der Waals surface area contributed by atoms with Gasteiger partial charge in [-0.25, -0.2) is 4.79 Å². The predicted molar refractivity (Wildman–Crippen MR) is 125 cm³/mol. The lowest BCUT2D eigenvalue weighted by molar-refractivity contribution is -0.143. The lowest BCUT2D eigenvalue weighted by atomic mass is 10.1. The minimum Gasteiger partial charge on any atom is -0.493 e. The first-order valence-corrected chi connectivity index (χ1v) is 11.0. The molecule has 2 aromatic rings. The number of benzene rings is 2. The SMILES string of the molecule is CCOc1ccc(CCNC(=O)COC(=O)/C=C/c2ccc(OC(F)F)c(OC)c2)cc1OCC. The summed E-state index contributed by atoms with van der Waals surface area (Å²) in [5.41, 5.74) is 1.45. The molecule has 8 nitrogen and oxygen atoms in total. The molecule has 2 rings (SSSR count). The number of rotatable bonds is 14. The van der Waals surface area contributed by atoms with Gasteiger partial charge in [0.1, 0.15) is 0 Å². The van der Waals surface area contributed by atoms with Gasteiger partial charge in [0.05, 0.1) is 20.3 Å². The second-order valence-corrected chi connectivity index (χ2v) is 6.98. The smallest absolute Gasteiger partial charge is 0.387 e. The number of halogens is 2. The van der Waals surface area contributed by atoms with Crippen molar-refractivity contribution in [2.75, 3.05) is 33.5 Å². The zero-order valence-corrected chi connectivity index (χ0v) is 19.8. The van der Waals surface area contributed by atoms with E-state index in [0.29, 0.717) is 43.2 Å². The standard InChI is InChI=1S/C25H29F2NO7/c1-4-32-19-9-6-18(15-22(19)33-5-2)12-13-28-23(29)16-34-24(30)11-8-17-7-10-20(35-25(26)27)21(14-17)31-3/h6-11,14-15,25H,4-5,12-13,16H2,1-3H3,(H,28,29)/b11-8+. The van der Waals surface area contributed by atoms with Gasteiger partial charge in [-0.05, 0) is 61.7 Å². The lowest BCUT2D eigenvalue weighted by Crippen LogP contribution is -2.30. The topological polar surface area (TPSA) is 92.3 Å². The van der Waals surface area contributed by atoms with Crippen LogP contribution < -0.4 is 24.3 Å². The van der Waals surface area contributed by atoms with Crippen LogP contribution in [0.4, 0.5) is 8.78 Å². The summed E-state index contributed by atoms with van der Waals surface area (Å²) in [5, 5.41) is 2.68. The van der Waals surface area contributed by atoms with Crippen molar-refractivity contribution in [2.24, 2.45) is 0 Å². The van der Waals surface area contributed by atoms with Crippen LogP contribution in [0, 0.1) is 0 Å². The molecule has 0 atom stereocenters. The quantitative estimate of drug-likeness (QED) is 0.314. The molecule has 0 unspecified atom stereocenters. The highest BCUT2D eigenvalue weighted by molar-refractivity contribution is 5.89. The van der Waals surface area contributed by atoms with Gasteiger partial charge in [0.25, 0.3) is 5.91 Å². The third-order valence-electron chi connectivity index (χ3n) is 4.50. The Bertz CT molecular complexity index is 1010. The number of hydrogen-bond acceptors (Lipinski definition) is 7. The molecule has 35 heavy (non-hydrogen) atoms. The number of ether oxygens (including phenoxy) is 5. The molecule has 190 valence electrons. The van der Waals surface area contributed by atoms with Crippen molar-refractivity contribution in [2.45, 2.75) is 26.9 Å². The average Bonchev–Trinajstić information content (AvgIpc) is 2.83. The third kappa shape index (κ3) is 9.52. The fourth-order valence-corrected chi connectivity index (χ4v) is 2.98. The fourth-order valence-electron chi connectivity index (χ4n) is 2.98. The molecule has 0 bridgehead atoms. The molecule has 0 heterocycles.